The molecular weight excluding hydrogens is 444 g/mol. The Morgan fingerprint density at radius 3 is 2.75 bits per heavy atom. The average molecular weight is 461 g/mol. The van der Waals surface area contributed by atoms with Gasteiger partial charge in [0.05, 0.1) is 28.8 Å². The quantitative estimate of drug-likeness (QED) is 0.349. The fraction of sp³-hybridized carbons (Fsp3) is 0.0833. The fourth-order valence-electron chi connectivity index (χ4n) is 3.01. The van der Waals surface area contributed by atoms with Crippen molar-refractivity contribution in [3.63, 3.8) is 0 Å². The molecule has 0 aliphatic rings. The number of thioether (sulfide) groups is 1. The van der Waals surface area contributed by atoms with Gasteiger partial charge in [-0.1, -0.05) is 53.7 Å². The van der Waals surface area contributed by atoms with Crippen LogP contribution in [0.5, 0.6) is 0 Å². The first kappa shape index (κ1) is 21.6. The molecule has 0 atom stereocenters. The predicted octanol–water partition coefficient (Wildman–Crippen LogP) is 6.11. The summed E-state index contributed by atoms with van der Waals surface area (Å²) in [5.74, 6) is 1.19. The van der Waals surface area contributed by atoms with E-state index in [9.17, 15) is 10.1 Å². The summed E-state index contributed by atoms with van der Waals surface area (Å²) in [7, 11) is 0. The third-order valence-electron chi connectivity index (χ3n) is 4.57. The Morgan fingerprint density at radius 1 is 1.19 bits per heavy atom. The number of aryl methyl sites for hydroxylation is 1. The van der Waals surface area contributed by atoms with Gasteiger partial charge in [-0.2, -0.15) is 5.26 Å². The zero-order chi connectivity index (χ0) is 22.5. The monoisotopic (exact) mass is 460 g/mol. The molecule has 32 heavy (non-hydrogen) atoms. The van der Waals surface area contributed by atoms with E-state index in [1.54, 1.807) is 43.5 Å². The lowest BCUT2D eigenvalue weighted by Crippen LogP contribution is -2.15. The molecule has 1 N–H and O–H groups in total. The molecule has 2 aromatic carbocycles. The molecule has 0 radical (unpaired) electrons. The van der Waals surface area contributed by atoms with Crippen LogP contribution in [0, 0.1) is 18.3 Å². The Hall–Kier alpha value is -3.60. The maximum atomic E-state index is 12.7. The second-order valence-electron chi connectivity index (χ2n) is 6.82. The molecule has 4 rings (SSSR count). The third kappa shape index (κ3) is 4.99. The van der Waals surface area contributed by atoms with E-state index in [-0.39, 0.29) is 5.91 Å². The van der Waals surface area contributed by atoms with Gasteiger partial charge in [0.2, 0.25) is 5.89 Å². The van der Waals surface area contributed by atoms with Crippen LogP contribution in [-0.2, 0) is 5.75 Å². The maximum Gasteiger partial charge on any atom is 0.257 e. The number of carbonyl (C=O) groups excluding carboxylic acids is 1. The van der Waals surface area contributed by atoms with Crippen molar-refractivity contribution in [2.24, 2.45) is 0 Å². The SMILES string of the molecule is Cc1nc(SCc2ncc(-c3cccc(Cl)c3)o2)c(C#N)cc1C(=O)Nc1ccccc1. The van der Waals surface area contributed by atoms with Crippen LogP contribution in [0.1, 0.15) is 27.5 Å². The summed E-state index contributed by atoms with van der Waals surface area (Å²) >= 11 is 7.36. The summed E-state index contributed by atoms with van der Waals surface area (Å²) in [6.07, 6.45) is 1.64. The molecule has 0 aliphatic carbocycles. The zero-order valence-electron chi connectivity index (χ0n) is 17.0. The van der Waals surface area contributed by atoms with E-state index in [0.29, 0.717) is 50.0 Å². The van der Waals surface area contributed by atoms with Crippen molar-refractivity contribution in [2.75, 3.05) is 5.32 Å². The summed E-state index contributed by atoms with van der Waals surface area (Å²) in [4.78, 5) is 21.4. The molecule has 0 aliphatic heterocycles. The summed E-state index contributed by atoms with van der Waals surface area (Å²) in [5, 5.41) is 13.5. The van der Waals surface area contributed by atoms with Crippen LogP contribution in [0.4, 0.5) is 5.69 Å². The largest absolute Gasteiger partial charge is 0.440 e. The number of para-hydroxylation sites is 1. The van der Waals surface area contributed by atoms with E-state index in [1.807, 2.05) is 30.3 Å². The lowest BCUT2D eigenvalue weighted by molar-refractivity contribution is 0.102. The van der Waals surface area contributed by atoms with Gasteiger partial charge in [0.25, 0.3) is 5.91 Å². The fourth-order valence-corrected chi connectivity index (χ4v) is 4.05. The topological polar surface area (TPSA) is 91.8 Å². The molecule has 2 heterocycles. The van der Waals surface area contributed by atoms with Gasteiger partial charge < -0.3 is 9.73 Å². The van der Waals surface area contributed by atoms with Crippen molar-refractivity contribution < 1.29 is 9.21 Å². The molecule has 0 saturated heterocycles. The number of nitrogens with zero attached hydrogens (tertiary/aromatic N) is 3. The van der Waals surface area contributed by atoms with E-state index in [1.165, 1.54) is 11.8 Å². The van der Waals surface area contributed by atoms with Crippen molar-refractivity contribution >= 4 is 35.0 Å². The lowest BCUT2D eigenvalue weighted by Gasteiger charge is -2.10. The van der Waals surface area contributed by atoms with E-state index in [2.05, 4.69) is 21.4 Å². The second kappa shape index (κ2) is 9.69. The molecule has 8 heteroatoms. The molecule has 0 spiro atoms. The third-order valence-corrected chi connectivity index (χ3v) is 5.78. The molecule has 158 valence electrons. The summed E-state index contributed by atoms with van der Waals surface area (Å²) in [5.41, 5.74) is 2.72. The molecule has 0 fully saturated rings. The van der Waals surface area contributed by atoms with E-state index < -0.39 is 0 Å². The number of benzene rings is 2. The molecule has 1 amide bonds. The van der Waals surface area contributed by atoms with E-state index in [0.717, 1.165) is 5.56 Å². The second-order valence-corrected chi connectivity index (χ2v) is 8.22. The minimum Gasteiger partial charge on any atom is -0.440 e. The highest BCUT2D eigenvalue weighted by molar-refractivity contribution is 7.98. The Kier molecular flexibility index (Phi) is 6.55. The van der Waals surface area contributed by atoms with Gasteiger partial charge in [-0.05, 0) is 37.3 Å². The number of oxazole rings is 1. The first-order valence-electron chi connectivity index (χ1n) is 9.65. The number of halogens is 1. The number of rotatable bonds is 6. The number of carbonyl (C=O) groups is 1. The summed E-state index contributed by atoms with van der Waals surface area (Å²) in [6.45, 7) is 1.74. The number of anilines is 1. The maximum absolute atomic E-state index is 12.7. The van der Waals surface area contributed by atoms with E-state index in [4.69, 9.17) is 16.0 Å². The molecule has 0 unspecified atom stereocenters. The molecular formula is C24H17ClN4O2S. The van der Waals surface area contributed by atoms with Crippen molar-refractivity contribution in [3.8, 4) is 17.4 Å². The number of pyridine rings is 1. The van der Waals surface area contributed by atoms with Crippen LogP contribution >= 0.6 is 23.4 Å². The standard InChI is InChI=1S/C24H17ClN4O2S/c1-15-20(23(30)29-19-8-3-2-4-9-19)11-17(12-26)24(28-15)32-14-22-27-13-21(31-22)16-6-5-7-18(25)10-16/h2-11,13H,14H2,1H3,(H,29,30). The van der Waals surface area contributed by atoms with Crippen molar-refractivity contribution in [3.05, 3.63) is 94.6 Å². The minimum absolute atomic E-state index is 0.312. The highest BCUT2D eigenvalue weighted by atomic mass is 35.5. The van der Waals surface area contributed by atoms with Gasteiger partial charge >= 0.3 is 0 Å². The first-order chi connectivity index (χ1) is 15.5. The summed E-state index contributed by atoms with van der Waals surface area (Å²) in [6, 6.07) is 20.1. The highest BCUT2D eigenvalue weighted by Crippen LogP contribution is 2.29. The minimum atomic E-state index is -0.312. The molecule has 0 saturated carbocycles. The van der Waals surface area contributed by atoms with Gasteiger partial charge in [0.15, 0.2) is 5.76 Å². The van der Waals surface area contributed by atoms with Gasteiger partial charge in [-0.3, -0.25) is 4.79 Å². The Bertz CT molecular complexity index is 1320. The lowest BCUT2D eigenvalue weighted by atomic mass is 10.1. The van der Waals surface area contributed by atoms with Gasteiger partial charge in [0.1, 0.15) is 11.1 Å². The van der Waals surface area contributed by atoms with Crippen molar-refractivity contribution in [1.82, 2.24) is 9.97 Å². The number of aromatic nitrogens is 2. The van der Waals surface area contributed by atoms with Gasteiger partial charge in [-0.25, -0.2) is 9.97 Å². The molecule has 6 nitrogen and oxygen atoms in total. The average Bonchev–Trinajstić information content (AvgIpc) is 3.27. The molecule has 2 aromatic heterocycles. The number of nitrogens with one attached hydrogen (secondary N) is 1. The van der Waals surface area contributed by atoms with Crippen LogP contribution in [0.15, 0.2) is 76.3 Å². The highest BCUT2D eigenvalue weighted by Gasteiger charge is 2.17. The summed E-state index contributed by atoms with van der Waals surface area (Å²) < 4.78 is 5.81. The van der Waals surface area contributed by atoms with Gasteiger partial charge in [0, 0.05) is 16.3 Å². The number of nitriles is 1. The molecule has 0 bridgehead atoms. The van der Waals surface area contributed by atoms with Crippen molar-refractivity contribution in [1.29, 1.82) is 5.26 Å². The van der Waals surface area contributed by atoms with E-state index >= 15 is 0 Å². The van der Waals surface area contributed by atoms with Crippen LogP contribution in [-0.4, -0.2) is 15.9 Å². The van der Waals surface area contributed by atoms with Crippen LogP contribution in [0.25, 0.3) is 11.3 Å². The normalized spacial score (nSPS) is 10.5. The number of amides is 1. The Balaban J connectivity index is 1.49. The van der Waals surface area contributed by atoms with Gasteiger partial charge in [-0.15, -0.1) is 0 Å². The predicted molar refractivity (Wildman–Crippen MR) is 125 cm³/mol. The Morgan fingerprint density at radius 2 is 2.00 bits per heavy atom. The number of hydrogen-bond acceptors (Lipinski definition) is 6. The first-order valence-corrected chi connectivity index (χ1v) is 11.0. The zero-order valence-corrected chi connectivity index (χ0v) is 18.6. The Labute approximate surface area is 194 Å². The van der Waals surface area contributed by atoms with Crippen molar-refractivity contribution in [2.45, 2.75) is 17.7 Å². The van der Waals surface area contributed by atoms with Crippen LogP contribution < -0.4 is 5.32 Å². The smallest absolute Gasteiger partial charge is 0.257 e. The molecule has 4 aromatic rings. The number of hydrogen-bond donors (Lipinski definition) is 1. The van der Waals surface area contributed by atoms with Crippen LogP contribution in [0.3, 0.4) is 0 Å². The van der Waals surface area contributed by atoms with Crippen LogP contribution in [0.2, 0.25) is 5.02 Å².